The summed E-state index contributed by atoms with van der Waals surface area (Å²) in [5.41, 5.74) is 0.266. The van der Waals surface area contributed by atoms with Crippen molar-refractivity contribution < 1.29 is 13.2 Å². The van der Waals surface area contributed by atoms with E-state index >= 15 is 0 Å². The van der Waals surface area contributed by atoms with Gasteiger partial charge in [-0.3, -0.25) is 0 Å². The Morgan fingerprint density at radius 1 is 0.842 bits per heavy atom. The topological polar surface area (TPSA) is 4.93 Å². The Morgan fingerprint density at radius 3 is 1.84 bits per heavy atom. The fourth-order valence-electron chi connectivity index (χ4n) is 1.86. The molecular formula is C15H16F3N. The quantitative estimate of drug-likeness (QED) is 0.699. The zero-order chi connectivity index (χ0) is 14.3. The number of rotatable bonds is 1. The molecule has 0 unspecified atom stereocenters. The highest BCUT2D eigenvalue weighted by Gasteiger charge is 2.32. The summed E-state index contributed by atoms with van der Waals surface area (Å²) < 4.78 is 40.6. The lowest BCUT2D eigenvalue weighted by molar-refractivity contribution is -0.137. The molecule has 2 aromatic rings. The molecule has 0 spiro atoms. The van der Waals surface area contributed by atoms with Crippen LogP contribution in [0.2, 0.25) is 0 Å². The van der Waals surface area contributed by atoms with Crippen molar-refractivity contribution in [2.75, 3.05) is 0 Å². The van der Waals surface area contributed by atoms with Gasteiger partial charge >= 0.3 is 6.18 Å². The van der Waals surface area contributed by atoms with Crippen molar-refractivity contribution in [2.24, 2.45) is 0 Å². The summed E-state index contributed by atoms with van der Waals surface area (Å²) in [4.78, 5) is 0. The second-order valence-corrected chi connectivity index (χ2v) is 5.61. The minimum absolute atomic E-state index is 0.330. The Kier molecular flexibility index (Phi) is 3.20. The van der Waals surface area contributed by atoms with E-state index < -0.39 is 11.7 Å². The molecule has 0 atom stereocenters. The van der Waals surface area contributed by atoms with Gasteiger partial charge in [0.05, 0.1) is 5.56 Å². The largest absolute Gasteiger partial charge is 0.416 e. The van der Waals surface area contributed by atoms with Crippen molar-refractivity contribution in [3.63, 3.8) is 0 Å². The van der Waals surface area contributed by atoms with Gasteiger partial charge in [0, 0.05) is 18.1 Å². The molecule has 1 aromatic carbocycles. The summed E-state index contributed by atoms with van der Waals surface area (Å²) in [5, 5.41) is 0. The molecule has 1 nitrogen and oxygen atoms in total. The van der Waals surface area contributed by atoms with Gasteiger partial charge in [-0.2, -0.15) is 13.2 Å². The van der Waals surface area contributed by atoms with Gasteiger partial charge < -0.3 is 4.57 Å². The van der Waals surface area contributed by atoms with Crippen LogP contribution < -0.4 is 0 Å². The van der Waals surface area contributed by atoms with Gasteiger partial charge in [0.2, 0.25) is 0 Å². The first kappa shape index (κ1) is 13.7. The summed E-state index contributed by atoms with van der Waals surface area (Å²) in [6.45, 7) is 5.71. The van der Waals surface area contributed by atoms with E-state index in [0.29, 0.717) is 11.3 Å². The van der Waals surface area contributed by atoms with Crippen molar-refractivity contribution in [1.82, 2.24) is 4.57 Å². The molecule has 0 bridgehead atoms. The SMILES string of the molecule is CC(C)(C)c1cc(-n2cccc2)cc(C(F)(F)F)c1. The highest BCUT2D eigenvalue weighted by molar-refractivity contribution is 5.44. The molecule has 102 valence electrons. The van der Waals surface area contributed by atoms with Gasteiger partial charge in [0.15, 0.2) is 0 Å². The third-order valence-electron chi connectivity index (χ3n) is 3.01. The number of halogens is 3. The number of alkyl halides is 3. The zero-order valence-electron chi connectivity index (χ0n) is 11.1. The standard InChI is InChI=1S/C15H16F3N/c1-14(2,3)11-8-12(15(16,17)18)10-13(9-11)19-6-4-5-7-19/h4-10H,1-3H3. The van der Waals surface area contributed by atoms with E-state index in [1.54, 1.807) is 35.2 Å². The number of hydrogen-bond donors (Lipinski definition) is 0. The van der Waals surface area contributed by atoms with Gasteiger partial charge in [-0.25, -0.2) is 0 Å². The number of benzene rings is 1. The van der Waals surface area contributed by atoms with Crippen LogP contribution in [0.25, 0.3) is 5.69 Å². The van der Waals surface area contributed by atoms with E-state index in [1.165, 1.54) is 12.1 Å². The average Bonchev–Trinajstić information content (AvgIpc) is 2.79. The molecule has 0 N–H and O–H groups in total. The zero-order valence-corrected chi connectivity index (χ0v) is 11.1. The molecule has 4 heteroatoms. The average molecular weight is 267 g/mol. The van der Waals surface area contributed by atoms with Crippen LogP contribution in [0.1, 0.15) is 31.9 Å². The first-order valence-electron chi connectivity index (χ1n) is 6.04. The maximum Gasteiger partial charge on any atom is 0.416 e. The number of hydrogen-bond acceptors (Lipinski definition) is 0. The fourth-order valence-corrected chi connectivity index (χ4v) is 1.86. The van der Waals surface area contributed by atoms with Crippen LogP contribution in [0.5, 0.6) is 0 Å². The van der Waals surface area contributed by atoms with Crippen LogP contribution in [0.4, 0.5) is 13.2 Å². The van der Waals surface area contributed by atoms with Gasteiger partial charge in [0.1, 0.15) is 0 Å². The van der Waals surface area contributed by atoms with Crippen LogP contribution in [-0.2, 0) is 11.6 Å². The molecule has 0 aliphatic heterocycles. The monoisotopic (exact) mass is 267 g/mol. The summed E-state index contributed by atoms with van der Waals surface area (Å²) in [7, 11) is 0. The highest BCUT2D eigenvalue weighted by atomic mass is 19.4. The maximum atomic E-state index is 13.0. The van der Waals surface area contributed by atoms with E-state index in [-0.39, 0.29) is 5.41 Å². The number of nitrogens with zero attached hydrogens (tertiary/aromatic N) is 1. The Bertz CT molecular complexity index is 528. The van der Waals surface area contributed by atoms with Crippen molar-refractivity contribution in [1.29, 1.82) is 0 Å². The van der Waals surface area contributed by atoms with Crippen molar-refractivity contribution in [3.05, 3.63) is 53.9 Å². The molecule has 0 saturated carbocycles. The van der Waals surface area contributed by atoms with E-state index in [4.69, 9.17) is 0 Å². The van der Waals surface area contributed by atoms with E-state index in [2.05, 4.69) is 0 Å². The third-order valence-corrected chi connectivity index (χ3v) is 3.01. The van der Waals surface area contributed by atoms with Crippen LogP contribution in [0, 0.1) is 0 Å². The van der Waals surface area contributed by atoms with E-state index in [1.807, 2.05) is 20.8 Å². The third kappa shape index (κ3) is 3.00. The molecule has 0 fully saturated rings. The molecular weight excluding hydrogens is 251 g/mol. The van der Waals surface area contributed by atoms with E-state index in [0.717, 1.165) is 0 Å². The maximum absolute atomic E-state index is 13.0. The fraction of sp³-hybridized carbons (Fsp3) is 0.333. The lowest BCUT2D eigenvalue weighted by atomic mass is 9.85. The molecule has 0 radical (unpaired) electrons. The predicted octanol–water partition coefficient (Wildman–Crippen LogP) is 4.79. The molecule has 0 aliphatic rings. The Morgan fingerprint density at radius 2 is 1.37 bits per heavy atom. The first-order valence-corrected chi connectivity index (χ1v) is 6.04. The molecule has 0 saturated heterocycles. The minimum atomic E-state index is -4.33. The molecule has 0 aliphatic carbocycles. The van der Waals surface area contributed by atoms with Gasteiger partial charge in [-0.1, -0.05) is 20.8 Å². The Balaban J connectivity index is 2.62. The molecule has 1 heterocycles. The molecule has 0 amide bonds. The van der Waals surface area contributed by atoms with Gasteiger partial charge in [-0.15, -0.1) is 0 Å². The van der Waals surface area contributed by atoms with Gasteiger partial charge in [0.25, 0.3) is 0 Å². The lowest BCUT2D eigenvalue weighted by Crippen LogP contribution is -2.15. The summed E-state index contributed by atoms with van der Waals surface area (Å²) >= 11 is 0. The molecule has 19 heavy (non-hydrogen) atoms. The minimum Gasteiger partial charge on any atom is -0.324 e. The first-order chi connectivity index (χ1) is 8.68. The number of aromatic nitrogens is 1. The van der Waals surface area contributed by atoms with Crippen molar-refractivity contribution in [3.8, 4) is 5.69 Å². The summed E-state index contributed by atoms with van der Waals surface area (Å²) in [6.07, 6.45) is -0.854. The smallest absolute Gasteiger partial charge is 0.324 e. The van der Waals surface area contributed by atoms with Crippen LogP contribution in [-0.4, -0.2) is 4.57 Å². The summed E-state index contributed by atoms with van der Waals surface area (Å²) in [6, 6.07) is 7.78. The van der Waals surface area contributed by atoms with Crippen molar-refractivity contribution >= 4 is 0 Å². The normalized spacial score (nSPS) is 12.7. The molecule has 1 aromatic heterocycles. The summed E-state index contributed by atoms with van der Waals surface area (Å²) in [5.74, 6) is 0. The second-order valence-electron chi connectivity index (χ2n) is 5.61. The Labute approximate surface area is 110 Å². The van der Waals surface area contributed by atoms with Gasteiger partial charge in [-0.05, 0) is 41.3 Å². The highest BCUT2D eigenvalue weighted by Crippen LogP contribution is 2.34. The predicted molar refractivity (Wildman–Crippen MR) is 69.5 cm³/mol. The molecule has 2 rings (SSSR count). The van der Waals surface area contributed by atoms with Crippen LogP contribution in [0.3, 0.4) is 0 Å². The second kappa shape index (κ2) is 4.44. The lowest BCUT2D eigenvalue weighted by Gasteiger charge is -2.22. The van der Waals surface area contributed by atoms with E-state index in [9.17, 15) is 13.2 Å². The van der Waals surface area contributed by atoms with Crippen LogP contribution in [0.15, 0.2) is 42.7 Å². The Hall–Kier alpha value is -1.71. The van der Waals surface area contributed by atoms with Crippen LogP contribution >= 0.6 is 0 Å². The van der Waals surface area contributed by atoms with Crippen molar-refractivity contribution in [2.45, 2.75) is 32.4 Å².